The lowest BCUT2D eigenvalue weighted by Gasteiger charge is -2.41. The number of aliphatic hydroxyl groups is 1. The lowest BCUT2D eigenvalue weighted by molar-refractivity contribution is -0.0286. The molecule has 0 heterocycles. The van der Waals surface area contributed by atoms with Crippen molar-refractivity contribution in [3.8, 4) is 0 Å². The number of rotatable bonds is 4. The average molecular weight is 252 g/mol. The van der Waals surface area contributed by atoms with Crippen LogP contribution in [0.15, 0.2) is 24.3 Å². The maximum absolute atomic E-state index is 13.9. The Morgan fingerprint density at radius 3 is 2.17 bits per heavy atom. The van der Waals surface area contributed by atoms with Crippen molar-refractivity contribution in [2.24, 2.45) is 5.92 Å². The normalized spacial score (nSPS) is 22.6. The maximum Gasteiger partial charge on any atom is 0.276 e. The summed E-state index contributed by atoms with van der Waals surface area (Å²) in [4.78, 5) is 0. The van der Waals surface area contributed by atoms with E-state index in [9.17, 15) is 13.9 Å². The van der Waals surface area contributed by atoms with Crippen molar-refractivity contribution in [1.82, 2.24) is 0 Å². The smallest absolute Gasteiger partial charge is 0.276 e. The molecular weight excluding hydrogens is 234 g/mol. The minimum absolute atomic E-state index is 0.116. The van der Waals surface area contributed by atoms with Gasteiger partial charge in [0.05, 0.1) is 6.61 Å². The minimum atomic E-state index is -2.68. The number of halogens is 2. The summed E-state index contributed by atoms with van der Waals surface area (Å²) in [7, 11) is 0. The third-order valence-electron chi connectivity index (χ3n) is 4.59. The second-order valence-electron chi connectivity index (χ2n) is 5.77. The van der Waals surface area contributed by atoms with E-state index in [1.807, 2.05) is 0 Å². The van der Waals surface area contributed by atoms with Crippen molar-refractivity contribution in [3.05, 3.63) is 35.4 Å². The summed E-state index contributed by atoms with van der Waals surface area (Å²) in [5, 5.41) is 9.47. The summed E-state index contributed by atoms with van der Waals surface area (Å²) in [5.41, 5.74) is 0.973. The molecule has 98 valence electrons. The highest BCUT2D eigenvalue weighted by Crippen LogP contribution is 2.50. The molecule has 1 N–H and O–H groups in total. The Labute approximate surface area is 106 Å². The quantitative estimate of drug-likeness (QED) is 0.868. The predicted octanol–water partition coefficient (Wildman–Crippen LogP) is 3.60. The molecule has 1 aromatic rings. The molecule has 0 amide bonds. The van der Waals surface area contributed by atoms with Gasteiger partial charge in [0.2, 0.25) is 0 Å². The van der Waals surface area contributed by atoms with Crippen LogP contribution in [0, 0.1) is 5.92 Å². The van der Waals surface area contributed by atoms with Gasteiger partial charge in [0.25, 0.3) is 5.92 Å². The Hall–Kier alpha value is -0.960. The van der Waals surface area contributed by atoms with E-state index in [4.69, 9.17) is 0 Å². The highest BCUT2D eigenvalue weighted by Gasteiger charge is 2.48. The van der Waals surface area contributed by atoms with Gasteiger partial charge in [-0.25, -0.2) is 8.78 Å². The number of aliphatic hydroxyl groups excluding tert-OH is 1. The van der Waals surface area contributed by atoms with Crippen LogP contribution >= 0.6 is 0 Å². The van der Waals surface area contributed by atoms with Gasteiger partial charge in [0.1, 0.15) is 0 Å². The molecule has 0 radical (unpaired) electrons. The second-order valence-corrected chi connectivity index (χ2v) is 5.77. The van der Waals surface area contributed by atoms with Crippen molar-refractivity contribution in [2.75, 3.05) is 6.61 Å². The van der Waals surface area contributed by atoms with Crippen LogP contribution in [0.3, 0.4) is 0 Å². The van der Waals surface area contributed by atoms with Gasteiger partial charge in [-0.15, -0.1) is 0 Å². The van der Waals surface area contributed by atoms with E-state index >= 15 is 0 Å². The fourth-order valence-corrected chi connectivity index (χ4v) is 2.87. The molecule has 0 atom stereocenters. The van der Waals surface area contributed by atoms with Crippen LogP contribution in [0.2, 0.25) is 0 Å². The van der Waals surface area contributed by atoms with E-state index in [1.165, 1.54) is 0 Å². The predicted molar refractivity (Wildman–Crippen MR) is 65.7 cm³/mol. The lowest BCUT2D eigenvalue weighted by atomic mass is 9.65. The van der Waals surface area contributed by atoms with Crippen LogP contribution in [0.1, 0.15) is 43.2 Å². The van der Waals surface area contributed by atoms with Crippen molar-refractivity contribution in [3.63, 3.8) is 0 Å². The zero-order valence-electron chi connectivity index (χ0n) is 10.3. The standard InChI is InChI=1S/C15H18F2O/c16-15(17,13-6-7-13)12-4-2-11(3-5-12)14(10-18)8-1-9-14/h2-5,13,18H,1,6-10H2. The summed E-state index contributed by atoms with van der Waals surface area (Å²) in [6.07, 6.45) is 4.30. The van der Waals surface area contributed by atoms with E-state index in [0.29, 0.717) is 12.8 Å². The highest BCUT2D eigenvalue weighted by atomic mass is 19.3. The van der Waals surface area contributed by atoms with E-state index < -0.39 is 11.8 Å². The monoisotopic (exact) mass is 252 g/mol. The Bertz CT molecular complexity index is 404. The second kappa shape index (κ2) is 4.02. The number of hydrogen-bond acceptors (Lipinski definition) is 1. The zero-order valence-corrected chi connectivity index (χ0v) is 10.3. The highest BCUT2D eigenvalue weighted by molar-refractivity contribution is 5.33. The van der Waals surface area contributed by atoms with Gasteiger partial charge in [-0.3, -0.25) is 0 Å². The molecule has 3 heteroatoms. The molecule has 0 aliphatic heterocycles. The number of benzene rings is 1. The van der Waals surface area contributed by atoms with Crippen LogP contribution in [-0.2, 0) is 11.3 Å². The maximum atomic E-state index is 13.9. The Balaban J connectivity index is 1.85. The summed E-state index contributed by atoms with van der Waals surface area (Å²) in [6, 6.07) is 6.65. The Kier molecular flexibility index (Phi) is 2.70. The first-order chi connectivity index (χ1) is 8.58. The van der Waals surface area contributed by atoms with Gasteiger partial charge in [0.15, 0.2) is 0 Å². The number of alkyl halides is 2. The van der Waals surface area contributed by atoms with Gasteiger partial charge in [0, 0.05) is 16.9 Å². The summed E-state index contributed by atoms with van der Waals surface area (Å²) < 4.78 is 27.8. The van der Waals surface area contributed by atoms with Crippen LogP contribution < -0.4 is 0 Å². The SMILES string of the molecule is OCC1(c2ccc(C(F)(F)C3CC3)cc2)CCC1. The first-order valence-corrected chi connectivity index (χ1v) is 6.68. The Morgan fingerprint density at radius 2 is 1.78 bits per heavy atom. The first-order valence-electron chi connectivity index (χ1n) is 6.68. The minimum Gasteiger partial charge on any atom is -0.395 e. The van der Waals surface area contributed by atoms with Crippen molar-refractivity contribution in [1.29, 1.82) is 0 Å². The average Bonchev–Trinajstić information content (AvgIpc) is 3.13. The van der Waals surface area contributed by atoms with E-state index in [1.54, 1.807) is 24.3 Å². The Morgan fingerprint density at radius 1 is 1.17 bits per heavy atom. The molecule has 0 aromatic heterocycles. The molecule has 3 rings (SSSR count). The third-order valence-corrected chi connectivity index (χ3v) is 4.59. The largest absolute Gasteiger partial charge is 0.395 e. The number of hydrogen-bond donors (Lipinski definition) is 1. The summed E-state index contributed by atoms with van der Waals surface area (Å²) >= 11 is 0. The molecule has 0 spiro atoms. The lowest BCUT2D eigenvalue weighted by Crippen LogP contribution is -2.37. The molecule has 0 saturated heterocycles. The van der Waals surface area contributed by atoms with Crippen molar-refractivity contribution in [2.45, 2.75) is 43.4 Å². The van der Waals surface area contributed by atoms with Crippen molar-refractivity contribution < 1.29 is 13.9 Å². The molecule has 0 bridgehead atoms. The first kappa shape index (κ1) is 12.1. The van der Waals surface area contributed by atoms with Gasteiger partial charge < -0.3 is 5.11 Å². The van der Waals surface area contributed by atoms with E-state index in [0.717, 1.165) is 24.8 Å². The molecule has 2 fully saturated rings. The molecule has 2 aliphatic rings. The zero-order chi connectivity index (χ0) is 12.8. The van der Waals surface area contributed by atoms with E-state index in [-0.39, 0.29) is 17.6 Å². The fourth-order valence-electron chi connectivity index (χ4n) is 2.87. The summed E-state index contributed by atoms with van der Waals surface area (Å²) in [6.45, 7) is 0.116. The van der Waals surface area contributed by atoms with Crippen LogP contribution in [0.4, 0.5) is 8.78 Å². The van der Waals surface area contributed by atoms with Gasteiger partial charge >= 0.3 is 0 Å². The van der Waals surface area contributed by atoms with Gasteiger partial charge in [-0.1, -0.05) is 30.7 Å². The molecule has 2 saturated carbocycles. The van der Waals surface area contributed by atoms with Crippen LogP contribution in [0.5, 0.6) is 0 Å². The van der Waals surface area contributed by atoms with Crippen molar-refractivity contribution >= 4 is 0 Å². The van der Waals surface area contributed by atoms with E-state index in [2.05, 4.69) is 0 Å². The molecule has 18 heavy (non-hydrogen) atoms. The molecule has 1 aromatic carbocycles. The molecule has 1 nitrogen and oxygen atoms in total. The molecule has 0 unspecified atom stereocenters. The van der Waals surface area contributed by atoms with Gasteiger partial charge in [-0.05, 0) is 31.2 Å². The summed E-state index contributed by atoms with van der Waals surface area (Å²) in [5.74, 6) is -3.14. The molecular formula is C15H18F2O. The molecule has 2 aliphatic carbocycles. The topological polar surface area (TPSA) is 20.2 Å². The third kappa shape index (κ3) is 1.76. The fraction of sp³-hybridized carbons (Fsp3) is 0.600. The van der Waals surface area contributed by atoms with Crippen LogP contribution in [0.25, 0.3) is 0 Å². The van der Waals surface area contributed by atoms with Gasteiger partial charge in [-0.2, -0.15) is 0 Å². The van der Waals surface area contributed by atoms with Crippen LogP contribution in [-0.4, -0.2) is 11.7 Å².